The summed E-state index contributed by atoms with van der Waals surface area (Å²) in [6.45, 7) is 2.52. The van der Waals surface area contributed by atoms with Crippen LogP contribution in [0.15, 0.2) is 60.2 Å². The fourth-order valence-corrected chi connectivity index (χ4v) is 4.31. The summed E-state index contributed by atoms with van der Waals surface area (Å²) in [7, 11) is 3.08. The second-order valence-electron chi connectivity index (χ2n) is 8.01. The third-order valence-electron chi connectivity index (χ3n) is 5.47. The number of nitro benzene ring substituents is 1. The molecule has 0 radical (unpaired) electrons. The van der Waals surface area contributed by atoms with Gasteiger partial charge in [-0.15, -0.1) is 0 Å². The first-order valence-electron chi connectivity index (χ1n) is 11.7. The summed E-state index contributed by atoms with van der Waals surface area (Å²) in [5, 5.41) is 23.3. The minimum absolute atomic E-state index is 0.0000494. The lowest BCUT2D eigenvalue weighted by atomic mass is 10.1. The number of rotatable bonds is 12. The summed E-state index contributed by atoms with van der Waals surface area (Å²) >= 11 is 2.09. The summed E-state index contributed by atoms with van der Waals surface area (Å²) in [6.07, 6.45) is 1.48. The van der Waals surface area contributed by atoms with Gasteiger partial charge in [-0.3, -0.25) is 14.9 Å². The second kappa shape index (κ2) is 14.0. The third kappa shape index (κ3) is 7.84. The van der Waals surface area contributed by atoms with Gasteiger partial charge in [-0.25, -0.2) is 0 Å². The molecule has 0 spiro atoms. The number of nitrogens with one attached hydrogen (secondary N) is 1. The first-order chi connectivity index (χ1) is 18.8. The van der Waals surface area contributed by atoms with E-state index in [0.717, 1.165) is 11.1 Å². The Hall–Kier alpha value is -4.31. The molecule has 0 heterocycles. The van der Waals surface area contributed by atoms with E-state index in [2.05, 4.69) is 27.9 Å². The number of methoxy groups -OCH3 is 2. The van der Waals surface area contributed by atoms with E-state index >= 15 is 0 Å². The Morgan fingerprint density at radius 3 is 2.44 bits per heavy atom. The Labute approximate surface area is 239 Å². The Balaban J connectivity index is 1.77. The zero-order chi connectivity index (χ0) is 28.4. The number of carbonyl (C=O) groups is 1. The van der Waals surface area contributed by atoms with Crippen LogP contribution in [-0.4, -0.2) is 31.7 Å². The first-order valence-corrected chi connectivity index (χ1v) is 12.8. The van der Waals surface area contributed by atoms with Crippen molar-refractivity contribution in [2.24, 2.45) is 0 Å². The highest BCUT2D eigenvalue weighted by Crippen LogP contribution is 2.35. The van der Waals surface area contributed by atoms with E-state index in [1.807, 2.05) is 13.0 Å². The number of hydrogen-bond acceptors (Lipinski definition) is 8. The molecule has 0 aliphatic rings. The van der Waals surface area contributed by atoms with Gasteiger partial charge in [-0.1, -0.05) is 0 Å². The van der Waals surface area contributed by atoms with E-state index in [4.69, 9.17) is 18.9 Å². The van der Waals surface area contributed by atoms with Crippen molar-refractivity contribution in [3.63, 3.8) is 0 Å². The molecule has 0 atom stereocenters. The smallest absolute Gasteiger partial charge is 0.269 e. The molecule has 11 heteroatoms. The molecule has 10 nitrogen and oxygen atoms in total. The number of ether oxygens (including phenoxy) is 4. The zero-order valence-electron chi connectivity index (χ0n) is 21.5. The van der Waals surface area contributed by atoms with E-state index in [9.17, 15) is 20.2 Å². The number of amides is 1. The average Bonchev–Trinajstić information content (AvgIpc) is 2.94. The van der Waals surface area contributed by atoms with Crippen LogP contribution >= 0.6 is 22.6 Å². The normalized spacial score (nSPS) is 10.8. The minimum atomic E-state index is -0.540. The third-order valence-corrected chi connectivity index (χ3v) is 6.27. The van der Waals surface area contributed by atoms with Crippen molar-refractivity contribution < 1.29 is 28.7 Å². The molecule has 0 fully saturated rings. The molecule has 3 rings (SSSR count). The van der Waals surface area contributed by atoms with Gasteiger partial charge in [0.2, 0.25) is 0 Å². The number of non-ortho nitro benzene ring substituents is 1. The summed E-state index contributed by atoms with van der Waals surface area (Å²) in [5.41, 5.74) is 1.98. The van der Waals surface area contributed by atoms with Gasteiger partial charge in [0.25, 0.3) is 11.6 Å². The summed E-state index contributed by atoms with van der Waals surface area (Å²) in [4.78, 5) is 23.2. The van der Waals surface area contributed by atoms with Crippen molar-refractivity contribution in [1.29, 1.82) is 5.26 Å². The van der Waals surface area contributed by atoms with Gasteiger partial charge < -0.3 is 24.3 Å². The molecule has 3 aromatic carbocycles. The number of benzene rings is 3. The quantitative estimate of drug-likeness (QED) is 0.0911. The van der Waals surface area contributed by atoms with Crippen LogP contribution in [0.2, 0.25) is 0 Å². The lowest BCUT2D eigenvalue weighted by Crippen LogP contribution is -2.24. The molecule has 0 saturated heterocycles. The fraction of sp³-hybridized carbons (Fsp3) is 0.214. The Bertz CT molecular complexity index is 1420. The summed E-state index contributed by atoms with van der Waals surface area (Å²) in [6, 6.07) is 16.7. The van der Waals surface area contributed by atoms with Gasteiger partial charge in [0.05, 0.1) is 29.3 Å². The number of halogens is 1. The average molecular weight is 643 g/mol. The highest BCUT2D eigenvalue weighted by atomic mass is 127. The number of nitrogens with zero attached hydrogens (tertiary/aromatic N) is 2. The lowest BCUT2D eigenvalue weighted by Gasteiger charge is -2.15. The van der Waals surface area contributed by atoms with E-state index in [1.165, 1.54) is 25.3 Å². The van der Waals surface area contributed by atoms with E-state index in [-0.39, 0.29) is 24.4 Å². The van der Waals surface area contributed by atoms with Crippen molar-refractivity contribution >= 4 is 40.3 Å². The van der Waals surface area contributed by atoms with Crippen LogP contribution in [0, 0.1) is 25.0 Å². The van der Waals surface area contributed by atoms with E-state index < -0.39 is 10.8 Å². The molecular weight excluding hydrogens is 617 g/mol. The predicted octanol–water partition coefficient (Wildman–Crippen LogP) is 5.42. The van der Waals surface area contributed by atoms with Gasteiger partial charge in [0, 0.05) is 30.3 Å². The molecule has 3 aromatic rings. The maximum absolute atomic E-state index is 12.8. The topological polar surface area (TPSA) is 133 Å². The highest BCUT2D eigenvalue weighted by Gasteiger charge is 2.16. The van der Waals surface area contributed by atoms with E-state index in [0.29, 0.717) is 38.7 Å². The minimum Gasteiger partial charge on any atom is -0.497 e. The molecule has 0 unspecified atom stereocenters. The Kier molecular flexibility index (Phi) is 10.5. The largest absolute Gasteiger partial charge is 0.497 e. The molecule has 0 saturated carbocycles. The molecule has 202 valence electrons. The van der Waals surface area contributed by atoms with Crippen LogP contribution in [0.25, 0.3) is 6.08 Å². The molecule has 39 heavy (non-hydrogen) atoms. The number of nitriles is 1. The summed E-state index contributed by atoms with van der Waals surface area (Å²) < 4.78 is 23.0. The van der Waals surface area contributed by atoms with Gasteiger partial charge in [-0.05, 0) is 83.1 Å². The molecule has 1 amide bonds. The molecule has 0 aliphatic carbocycles. The van der Waals surface area contributed by atoms with Crippen LogP contribution in [0.4, 0.5) is 5.69 Å². The first kappa shape index (κ1) is 29.2. The predicted molar refractivity (Wildman–Crippen MR) is 153 cm³/mol. The molecule has 0 aliphatic heterocycles. The van der Waals surface area contributed by atoms with Crippen molar-refractivity contribution in [2.45, 2.75) is 20.1 Å². The zero-order valence-corrected chi connectivity index (χ0v) is 23.7. The maximum atomic E-state index is 12.8. The standard InChI is InChI=1S/C28H26IN3O7/c1-4-38-26-13-19(12-24(29)27(26)39-17-18-5-8-22(9-6-18)32(34)35)11-21(15-30)28(33)31-16-20-7-10-23(36-2)14-25(20)37-3/h5-14H,4,16-17H2,1-3H3,(H,31,33)/b21-11+. The van der Waals surface area contributed by atoms with Gasteiger partial charge in [0.1, 0.15) is 29.7 Å². The van der Waals surface area contributed by atoms with Crippen LogP contribution in [0.3, 0.4) is 0 Å². The van der Waals surface area contributed by atoms with Crippen molar-refractivity contribution in [2.75, 3.05) is 20.8 Å². The van der Waals surface area contributed by atoms with E-state index in [1.54, 1.807) is 49.6 Å². The maximum Gasteiger partial charge on any atom is 0.269 e. The Morgan fingerprint density at radius 2 is 1.82 bits per heavy atom. The summed E-state index contributed by atoms with van der Waals surface area (Å²) in [5.74, 6) is 1.57. The van der Waals surface area contributed by atoms with Crippen molar-refractivity contribution in [1.82, 2.24) is 5.32 Å². The van der Waals surface area contributed by atoms with Crippen LogP contribution < -0.4 is 24.3 Å². The van der Waals surface area contributed by atoms with Crippen LogP contribution in [0.5, 0.6) is 23.0 Å². The van der Waals surface area contributed by atoms with Gasteiger partial charge in [-0.2, -0.15) is 5.26 Å². The van der Waals surface area contributed by atoms with Crippen LogP contribution in [-0.2, 0) is 17.9 Å². The lowest BCUT2D eigenvalue weighted by molar-refractivity contribution is -0.384. The van der Waals surface area contributed by atoms with Gasteiger partial charge in [0.15, 0.2) is 11.5 Å². The van der Waals surface area contributed by atoms with Gasteiger partial charge >= 0.3 is 0 Å². The number of carbonyl (C=O) groups excluding carboxylic acids is 1. The molecular formula is C28H26IN3O7. The number of hydrogen-bond donors (Lipinski definition) is 1. The number of nitro groups is 1. The second-order valence-corrected chi connectivity index (χ2v) is 9.17. The molecule has 0 bridgehead atoms. The van der Waals surface area contributed by atoms with Crippen LogP contribution in [0.1, 0.15) is 23.6 Å². The fourth-order valence-electron chi connectivity index (χ4n) is 3.53. The highest BCUT2D eigenvalue weighted by molar-refractivity contribution is 14.1. The molecule has 0 aromatic heterocycles. The monoisotopic (exact) mass is 643 g/mol. The SMILES string of the molecule is CCOc1cc(/C=C(\C#N)C(=O)NCc2ccc(OC)cc2OC)cc(I)c1OCc1ccc([N+](=O)[O-])cc1. The van der Waals surface area contributed by atoms with Crippen molar-refractivity contribution in [3.05, 3.63) is 90.5 Å². The Morgan fingerprint density at radius 1 is 1.08 bits per heavy atom. The molecule has 1 N–H and O–H groups in total. The van der Waals surface area contributed by atoms with Crippen molar-refractivity contribution in [3.8, 4) is 29.1 Å².